The fourth-order valence-electron chi connectivity index (χ4n) is 3.02. The second-order valence-corrected chi connectivity index (χ2v) is 7.10. The Balaban J connectivity index is 1.62. The Morgan fingerprint density at radius 2 is 1.84 bits per heavy atom. The van der Waals surface area contributed by atoms with E-state index in [1.807, 2.05) is 0 Å². The van der Waals surface area contributed by atoms with E-state index in [4.69, 9.17) is 16.0 Å². The van der Waals surface area contributed by atoms with E-state index >= 15 is 0 Å². The van der Waals surface area contributed by atoms with E-state index in [0.29, 0.717) is 27.2 Å². The normalized spacial score (nSPS) is 12.0. The minimum atomic E-state index is -0.719. The third-order valence-electron chi connectivity index (χ3n) is 4.55. The predicted octanol–water partition coefficient (Wildman–Crippen LogP) is 6.09. The molecule has 154 valence electrons. The summed E-state index contributed by atoms with van der Waals surface area (Å²) in [6, 6.07) is 16.8. The number of benzene rings is 2. The zero-order chi connectivity index (χ0) is 21.8. The molecule has 4 rings (SSSR count). The molecule has 0 saturated heterocycles. The number of fused-ring (bicyclic) bond motifs is 1. The first-order valence-corrected chi connectivity index (χ1v) is 9.67. The zero-order valence-electron chi connectivity index (χ0n) is 16.1. The minimum absolute atomic E-state index is 0.0954. The Hall–Kier alpha value is -3.97. The van der Waals surface area contributed by atoms with Gasteiger partial charge in [0.25, 0.3) is 5.91 Å². The second-order valence-electron chi connectivity index (χ2n) is 6.66. The highest BCUT2D eigenvalue weighted by molar-refractivity contribution is 6.30. The number of Topliss-reactive ketones (excluding diaryl/α,β-unsaturated/α-hetero) is 1. The molecule has 2 heterocycles. The smallest absolute Gasteiger partial charge is 0.291 e. The molecule has 0 aliphatic rings. The van der Waals surface area contributed by atoms with Gasteiger partial charge in [0.05, 0.1) is 11.8 Å². The first kappa shape index (κ1) is 20.3. The molecule has 7 nitrogen and oxygen atoms in total. The van der Waals surface area contributed by atoms with Gasteiger partial charge in [-0.2, -0.15) is 0 Å². The van der Waals surface area contributed by atoms with Gasteiger partial charge in [0, 0.05) is 28.0 Å². The van der Waals surface area contributed by atoms with Gasteiger partial charge in [-0.15, -0.1) is 10.2 Å². The van der Waals surface area contributed by atoms with E-state index in [1.54, 1.807) is 60.7 Å². The van der Waals surface area contributed by atoms with Crippen LogP contribution in [0.25, 0.3) is 17.0 Å². The fourth-order valence-corrected chi connectivity index (χ4v) is 3.14. The van der Waals surface area contributed by atoms with Gasteiger partial charge in [0.2, 0.25) is 5.88 Å². The van der Waals surface area contributed by atoms with Crippen molar-refractivity contribution in [3.8, 4) is 5.88 Å². The topological polar surface area (TPSA) is 108 Å². The lowest BCUT2D eigenvalue weighted by molar-refractivity contribution is -0.114. The molecule has 4 aromatic rings. The molecule has 0 aliphatic carbocycles. The third kappa shape index (κ3) is 4.62. The van der Waals surface area contributed by atoms with E-state index in [1.165, 1.54) is 12.3 Å². The summed E-state index contributed by atoms with van der Waals surface area (Å²) in [4.78, 5) is 28.2. The molecule has 0 aliphatic heterocycles. The first-order valence-electron chi connectivity index (χ1n) is 9.30. The summed E-state index contributed by atoms with van der Waals surface area (Å²) in [7, 11) is 0. The number of hydrogen-bond acceptors (Lipinski definition) is 5. The van der Waals surface area contributed by atoms with Crippen molar-refractivity contribution in [3.05, 3.63) is 88.8 Å². The van der Waals surface area contributed by atoms with Crippen LogP contribution in [0.3, 0.4) is 0 Å². The first-order chi connectivity index (χ1) is 15.0. The van der Waals surface area contributed by atoms with Crippen molar-refractivity contribution in [1.29, 1.82) is 0 Å². The molecule has 2 N–H and O–H groups in total. The fraction of sp³-hybridized carbons (Fsp3) is 0.0435. The number of aromatic amines is 1. The van der Waals surface area contributed by atoms with E-state index < -0.39 is 5.91 Å². The second kappa shape index (κ2) is 8.81. The number of aromatic hydroxyl groups is 1. The van der Waals surface area contributed by atoms with Crippen LogP contribution in [-0.2, 0) is 4.79 Å². The van der Waals surface area contributed by atoms with Crippen molar-refractivity contribution in [2.24, 2.45) is 10.2 Å². The number of aromatic nitrogens is 1. The number of hydrogen-bond donors (Lipinski definition) is 2. The molecule has 8 heteroatoms. The van der Waals surface area contributed by atoms with Crippen LogP contribution >= 0.6 is 11.6 Å². The highest BCUT2D eigenvalue weighted by Crippen LogP contribution is 2.35. The van der Waals surface area contributed by atoms with Crippen molar-refractivity contribution in [1.82, 2.24) is 4.98 Å². The molecule has 0 radical (unpaired) electrons. The van der Waals surface area contributed by atoms with Crippen LogP contribution in [0.1, 0.15) is 22.5 Å². The number of furan rings is 1. The lowest BCUT2D eigenvalue weighted by Gasteiger charge is -2.03. The highest BCUT2D eigenvalue weighted by Gasteiger charge is 2.17. The van der Waals surface area contributed by atoms with Crippen LogP contribution < -0.4 is 0 Å². The number of carbonyl (C=O) groups excluding carboxylic acids is 2. The molecule has 2 aromatic heterocycles. The molecule has 0 fully saturated rings. The Bertz CT molecular complexity index is 1300. The number of nitrogens with one attached hydrogen (secondary N) is 1. The molecule has 0 spiro atoms. The number of amides is 1. The van der Waals surface area contributed by atoms with Crippen LogP contribution in [0.5, 0.6) is 5.88 Å². The van der Waals surface area contributed by atoms with Crippen LogP contribution in [-0.4, -0.2) is 21.8 Å². The average molecular weight is 434 g/mol. The van der Waals surface area contributed by atoms with Gasteiger partial charge in [0.1, 0.15) is 5.76 Å². The Kier molecular flexibility index (Phi) is 5.77. The number of halogens is 1. The standard InChI is InChI=1S/C23H16ClN3O4/c24-16-9-7-14(8-10-16)20(28)13-15(12-17-4-3-11-31-17)22(29)27-26-21-18-5-1-2-6-19(18)25-23(21)30/h1-12,25,30H,13H2/b15-12+,27-26?. The Labute approximate surface area is 181 Å². The number of H-pyrrole nitrogens is 1. The van der Waals surface area contributed by atoms with E-state index in [9.17, 15) is 14.7 Å². The van der Waals surface area contributed by atoms with Crippen LogP contribution in [0.4, 0.5) is 5.69 Å². The van der Waals surface area contributed by atoms with Crippen molar-refractivity contribution in [2.45, 2.75) is 6.42 Å². The summed E-state index contributed by atoms with van der Waals surface area (Å²) in [6.45, 7) is 0. The molecular formula is C23H16ClN3O4. The predicted molar refractivity (Wildman–Crippen MR) is 117 cm³/mol. The number of para-hydroxylation sites is 1. The Morgan fingerprint density at radius 3 is 2.58 bits per heavy atom. The number of rotatable bonds is 6. The summed E-state index contributed by atoms with van der Waals surface area (Å²) in [5, 5.41) is 18.9. The maximum absolute atomic E-state index is 12.8. The lowest BCUT2D eigenvalue weighted by atomic mass is 10.0. The monoisotopic (exact) mass is 433 g/mol. The van der Waals surface area contributed by atoms with Crippen molar-refractivity contribution in [2.75, 3.05) is 0 Å². The molecule has 0 unspecified atom stereocenters. The summed E-state index contributed by atoms with van der Waals surface area (Å²) >= 11 is 5.87. The molecule has 2 aromatic carbocycles. The molecule has 31 heavy (non-hydrogen) atoms. The van der Waals surface area contributed by atoms with Gasteiger partial charge >= 0.3 is 0 Å². The average Bonchev–Trinajstić information content (AvgIpc) is 3.39. The van der Waals surface area contributed by atoms with Gasteiger partial charge < -0.3 is 14.5 Å². The lowest BCUT2D eigenvalue weighted by Crippen LogP contribution is -2.07. The summed E-state index contributed by atoms with van der Waals surface area (Å²) < 4.78 is 5.27. The van der Waals surface area contributed by atoms with E-state index in [0.717, 1.165) is 0 Å². The number of azo groups is 1. The van der Waals surface area contributed by atoms with Crippen molar-refractivity contribution < 1.29 is 19.1 Å². The number of nitrogens with zero attached hydrogens (tertiary/aromatic N) is 2. The number of ketones is 1. The summed E-state index contributed by atoms with van der Waals surface area (Å²) in [5.41, 5.74) is 1.31. The molecule has 1 amide bonds. The third-order valence-corrected chi connectivity index (χ3v) is 4.80. The summed E-state index contributed by atoms with van der Waals surface area (Å²) in [5.74, 6) is -0.805. The van der Waals surface area contributed by atoms with Gasteiger partial charge in [-0.1, -0.05) is 29.8 Å². The maximum Gasteiger partial charge on any atom is 0.291 e. The van der Waals surface area contributed by atoms with Gasteiger partial charge in [-0.25, -0.2) is 0 Å². The zero-order valence-corrected chi connectivity index (χ0v) is 16.8. The Morgan fingerprint density at radius 1 is 1.06 bits per heavy atom. The molecular weight excluding hydrogens is 418 g/mol. The van der Waals surface area contributed by atoms with Crippen LogP contribution in [0, 0.1) is 0 Å². The maximum atomic E-state index is 12.8. The SMILES string of the molecule is O=C(N=Nc1c(O)[nH]c2ccccc12)/C(=C/c1ccco1)CC(=O)c1ccc(Cl)cc1. The minimum Gasteiger partial charge on any atom is -0.493 e. The van der Waals surface area contributed by atoms with Gasteiger partial charge in [-0.3, -0.25) is 9.59 Å². The highest BCUT2D eigenvalue weighted by atomic mass is 35.5. The number of carbonyl (C=O) groups is 2. The molecule has 0 saturated carbocycles. The van der Waals surface area contributed by atoms with Crippen molar-refractivity contribution >= 4 is 46.0 Å². The van der Waals surface area contributed by atoms with E-state index in [2.05, 4.69) is 15.2 Å². The summed E-state index contributed by atoms with van der Waals surface area (Å²) in [6.07, 6.45) is 2.70. The van der Waals surface area contributed by atoms with Crippen LogP contribution in [0.2, 0.25) is 5.02 Å². The van der Waals surface area contributed by atoms with Crippen LogP contribution in [0.15, 0.2) is 87.1 Å². The quantitative estimate of drug-likeness (QED) is 0.218. The molecule has 0 bridgehead atoms. The molecule has 0 atom stereocenters. The largest absolute Gasteiger partial charge is 0.493 e. The van der Waals surface area contributed by atoms with E-state index in [-0.39, 0.29) is 29.3 Å². The van der Waals surface area contributed by atoms with Crippen molar-refractivity contribution in [3.63, 3.8) is 0 Å². The van der Waals surface area contributed by atoms with Gasteiger partial charge in [0.15, 0.2) is 11.5 Å². The van der Waals surface area contributed by atoms with Gasteiger partial charge in [-0.05, 0) is 48.5 Å².